The lowest BCUT2D eigenvalue weighted by Crippen LogP contribution is -2.29. The Bertz CT molecular complexity index is 2020. The molecule has 81 heavy (non-hydrogen) atoms. The highest BCUT2D eigenvalue weighted by atomic mass is 31.2. The van der Waals surface area contributed by atoms with Gasteiger partial charge in [-0.05, 0) is 141 Å². The molecule has 0 aliphatic rings. The average molecular weight is 1140 g/mol. The topological polar surface area (TPSA) is 134 Å². The van der Waals surface area contributed by atoms with E-state index in [9.17, 15) is 19.0 Å². The molecule has 0 aromatic rings. The fraction of sp³-hybridized carbons (Fsp3) is 0.521. The van der Waals surface area contributed by atoms with Crippen molar-refractivity contribution in [1.82, 2.24) is 0 Å². The molecule has 3 N–H and O–H groups in total. The SMILES string of the molecule is CC/C=C\C/C=C\C/C=C\C/C=C\C/C=C\C/C=C\C/C=C\C/C=C\C/C=C\C/C=C\CCCCCCCCCCC(=O)OC(COC(=O)CCCC/C=C\C/C=C\C/C=C\C/C=C\C/C=C\C/C=C\CC)COP(=O)(O)OCCN. The lowest BCUT2D eigenvalue weighted by atomic mass is 10.1. The highest BCUT2D eigenvalue weighted by Gasteiger charge is 2.26. The zero-order valence-corrected chi connectivity index (χ0v) is 51.3. The van der Waals surface area contributed by atoms with Crippen LogP contribution in [0, 0.1) is 0 Å². The minimum atomic E-state index is -4.42. The fourth-order valence-corrected chi connectivity index (χ4v) is 8.25. The minimum absolute atomic E-state index is 0.0347. The van der Waals surface area contributed by atoms with Gasteiger partial charge in [-0.15, -0.1) is 0 Å². The van der Waals surface area contributed by atoms with Crippen LogP contribution in [-0.2, 0) is 32.7 Å². The van der Waals surface area contributed by atoms with Crippen molar-refractivity contribution in [3.8, 4) is 0 Å². The Morgan fingerprint density at radius 3 is 0.975 bits per heavy atom. The van der Waals surface area contributed by atoms with Crippen LogP contribution in [0.4, 0.5) is 0 Å². The van der Waals surface area contributed by atoms with E-state index in [1.165, 1.54) is 25.7 Å². The molecule has 9 nitrogen and oxygen atoms in total. The van der Waals surface area contributed by atoms with E-state index >= 15 is 0 Å². The molecule has 0 aliphatic carbocycles. The lowest BCUT2D eigenvalue weighted by Gasteiger charge is -2.19. The van der Waals surface area contributed by atoms with Gasteiger partial charge in [0.2, 0.25) is 0 Å². The third kappa shape index (κ3) is 63.9. The molecule has 0 rings (SSSR count). The molecule has 0 bridgehead atoms. The van der Waals surface area contributed by atoms with Crippen LogP contribution in [0.1, 0.15) is 206 Å². The van der Waals surface area contributed by atoms with Gasteiger partial charge in [0.1, 0.15) is 6.61 Å². The Labute approximate surface area is 494 Å². The van der Waals surface area contributed by atoms with Crippen molar-refractivity contribution in [1.29, 1.82) is 0 Å². The first-order valence-corrected chi connectivity index (χ1v) is 32.4. The van der Waals surface area contributed by atoms with Gasteiger partial charge in [0.25, 0.3) is 0 Å². The van der Waals surface area contributed by atoms with Gasteiger partial charge in [0.05, 0.1) is 13.2 Å². The molecule has 0 saturated heterocycles. The number of carbonyl (C=O) groups is 2. The number of rotatable bonds is 55. The molecule has 10 heteroatoms. The van der Waals surface area contributed by atoms with Gasteiger partial charge in [-0.2, -0.15) is 0 Å². The Balaban J connectivity index is 4.08. The highest BCUT2D eigenvalue weighted by molar-refractivity contribution is 7.47. The summed E-state index contributed by atoms with van der Waals surface area (Å²) in [6, 6.07) is 0. The van der Waals surface area contributed by atoms with Crippen LogP contribution in [0.25, 0.3) is 0 Å². The number of hydrogen-bond donors (Lipinski definition) is 2. The first kappa shape index (κ1) is 75.8. The predicted octanol–water partition coefficient (Wildman–Crippen LogP) is 20.2. The van der Waals surface area contributed by atoms with Gasteiger partial charge in [-0.3, -0.25) is 18.6 Å². The number of phosphoric ester groups is 1. The highest BCUT2D eigenvalue weighted by Crippen LogP contribution is 2.43. The zero-order valence-electron chi connectivity index (χ0n) is 50.4. The molecule has 452 valence electrons. The summed E-state index contributed by atoms with van der Waals surface area (Å²) >= 11 is 0. The summed E-state index contributed by atoms with van der Waals surface area (Å²) in [4.78, 5) is 35.2. The van der Waals surface area contributed by atoms with Gasteiger partial charge in [0.15, 0.2) is 6.10 Å². The molecule has 0 aromatic heterocycles. The number of nitrogens with two attached hydrogens (primary N) is 1. The average Bonchev–Trinajstić information content (AvgIpc) is 3.46. The van der Waals surface area contributed by atoms with E-state index in [4.69, 9.17) is 24.3 Å². The first-order chi connectivity index (χ1) is 39.8. The summed E-state index contributed by atoms with van der Waals surface area (Å²) in [6.45, 7) is 3.42. The van der Waals surface area contributed by atoms with Gasteiger partial charge < -0.3 is 20.1 Å². The van der Waals surface area contributed by atoms with Crippen LogP contribution < -0.4 is 5.73 Å². The summed E-state index contributed by atoms with van der Waals surface area (Å²) in [5, 5.41) is 0. The molecule has 2 unspecified atom stereocenters. The van der Waals surface area contributed by atoms with Gasteiger partial charge in [-0.25, -0.2) is 4.57 Å². The van der Waals surface area contributed by atoms with Crippen molar-refractivity contribution in [2.75, 3.05) is 26.4 Å². The van der Waals surface area contributed by atoms with Crippen LogP contribution in [0.2, 0.25) is 0 Å². The number of ether oxygens (including phenoxy) is 2. The van der Waals surface area contributed by atoms with E-state index in [1.807, 2.05) is 0 Å². The minimum Gasteiger partial charge on any atom is -0.462 e. The van der Waals surface area contributed by atoms with Crippen LogP contribution in [0.15, 0.2) is 194 Å². The zero-order chi connectivity index (χ0) is 58.7. The molecule has 0 saturated carbocycles. The Morgan fingerprint density at radius 2 is 0.642 bits per heavy atom. The lowest BCUT2D eigenvalue weighted by molar-refractivity contribution is -0.161. The maximum absolute atomic E-state index is 12.7. The largest absolute Gasteiger partial charge is 0.472 e. The van der Waals surface area contributed by atoms with Gasteiger partial charge >= 0.3 is 19.8 Å². The second kappa shape index (κ2) is 64.0. The molecule has 0 amide bonds. The third-order valence-electron chi connectivity index (χ3n) is 12.0. The summed E-state index contributed by atoms with van der Waals surface area (Å²) in [5.41, 5.74) is 5.38. The van der Waals surface area contributed by atoms with Crippen LogP contribution in [0.5, 0.6) is 0 Å². The molecular weight excluding hydrogens is 1030 g/mol. The first-order valence-electron chi connectivity index (χ1n) is 30.9. The predicted molar refractivity (Wildman–Crippen MR) is 348 cm³/mol. The molecule has 0 fully saturated rings. The maximum Gasteiger partial charge on any atom is 0.472 e. The third-order valence-corrected chi connectivity index (χ3v) is 13.0. The van der Waals surface area contributed by atoms with E-state index in [0.29, 0.717) is 12.8 Å². The second-order valence-corrected chi connectivity index (χ2v) is 20.9. The summed E-state index contributed by atoms with van der Waals surface area (Å²) in [6.07, 6.45) is 97.8. The number of esters is 2. The number of allylic oxidation sites excluding steroid dienone is 32. The summed E-state index contributed by atoms with van der Waals surface area (Å²) in [7, 11) is -4.42. The number of unbranched alkanes of at least 4 members (excludes halogenated alkanes) is 10. The smallest absolute Gasteiger partial charge is 0.462 e. The van der Waals surface area contributed by atoms with E-state index in [0.717, 1.165) is 141 Å². The normalized spacial score (nSPS) is 14.4. The van der Waals surface area contributed by atoms with E-state index in [2.05, 4.69) is 208 Å². The van der Waals surface area contributed by atoms with Crippen LogP contribution >= 0.6 is 7.82 Å². The Morgan fingerprint density at radius 1 is 0.370 bits per heavy atom. The second-order valence-electron chi connectivity index (χ2n) is 19.5. The standard InChI is InChI=1S/C71H110NO8P/c1-3-5-7-9-11-13-15-17-19-21-23-25-26-27-28-29-30-31-32-33-34-35-36-37-38-39-40-41-42-44-46-48-50-52-54-56-58-60-62-64-71(74)80-69(68-79-81(75,76)78-66-65-72)67-77-70(73)63-61-59-57-55-53-51-49-47-45-43-24-22-20-18-16-14-12-10-8-6-4-2/h5-8,11-14,17-20,23-25,27-28,30-31,33-34,36-37,39-40,42-44,47,49,53,55,69H,3-4,9-10,15-16,21-22,26,29,32,35,38,41,45-46,48,50-52,54,56-68,72H2,1-2H3,(H,75,76)/b7-5-,8-6-,13-11-,14-12-,19-17-,20-18-,25-23-,28-27-,31-30-,34-33-,37-36-,40-39-,43-24-,44-42-,49-47-,55-53-. The van der Waals surface area contributed by atoms with E-state index in [1.54, 1.807) is 0 Å². The van der Waals surface area contributed by atoms with Crippen LogP contribution in [0.3, 0.4) is 0 Å². The summed E-state index contributed by atoms with van der Waals surface area (Å²) < 4.78 is 33.0. The van der Waals surface area contributed by atoms with Crippen molar-refractivity contribution in [2.45, 2.75) is 213 Å². The van der Waals surface area contributed by atoms with E-state index < -0.39 is 32.5 Å². The summed E-state index contributed by atoms with van der Waals surface area (Å²) in [5.74, 6) is -0.905. The van der Waals surface area contributed by atoms with Gasteiger partial charge in [0, 0.05) is 19.4 Å². The van der Waals surface area contributed by atoms with Gasteiger partial charge in [-0.1, -0.05) is 247 Å². The molecular formula is C71H110NO8P. The maximum atomic E-state index is 12.7. The molecule has 0 radical (unpaired) electrons. The van der Waals surface area contributed by atoms with Crippen molar-refractivity contribution >= 4 is 19.8 Å². The number of hydrogen-bond acceptors (Lipinski definition) is 8. The number of carbonyl (C=O) groups excluding carboxylic acids is 2. The molecule has 0 spiro atoms. The number of phosphoric acid groups is 1. The quantitative estimate of drug-likeness (QED) is 0.0264. The molecule has 0 aromatic carbocycles. The van der Waals surface area contributed by atoms with Crippen molar-refractivity contribution < 1.29 is 37.6 Å². The monoisotopic (exact) mass is 1140 g/mol. The van der Waals surface area contributed by atoms with Crippen molar-refractivity contribution in [3.63, 3.8) is 0 Å². The molecule has 2 atom stereocenters. The Kier molecular flexibility index (Phi) is 60.0. The van der Waals surface area contributed by atoms with E-state index in [-0.39, 0.29) is 32.6 Å². The molecule has 0 aliphatic heterocycles. The molecule has 0 heterocycles. The Hall–Kier alpha value is -5.15. The van der Waals surface area contributed by atoms with Crippen molar-refractivity contribution in [2.24, 2.45) is 5.73 Å². The van der Waals surface area contributed by atoms with Crippen LogP contribution in [-0.4, -0.2) is 49.3 Å². The fourth-order valence-electron chi connectivity index (χ4n) is 7.49. The van der Waals surface area contributed by atoms with Crippen molar-refractivity contribution in [3.05, 3.63) is 194 Å².